The number of hydrogen-bond acceptors (Lipinski definition) is 9. The van der Waals surface area contributed by atoms with Crippen LogP contribution in [0, 0.1) is 5.41 Å². The summed E-state index contributed by atoms with van der Waals surface area (Å²) in [4.78, 5) is 49.5. The van der Waals surface area contributed by atoms with Crippen molar-refractivity contribution >= 4 is 24.1 Å². The fourth-order valence-electron chi connectivity index (χ4n) is 3.31. The highest BCUT2D eigenvalue weighted by atomic mass is 16.7. The maximum atomic E-state index is 12.5. The van der Waals surface area contributed by atoms with Crippen LogP contribution < -0.4 is 14.8 Å². The minimum absolute atomic E-state index is 0.0207. The number of hydrogen-bond donors (Lipinski definition) is 2. The molecule has 0 unspecified atom stereocenters. The Labute approximate surface area is 225 Å². The molecule has 0 amide bonds. The Morgan fingerprint density at radius 2 is 1.47 bits per heavy atom. The van der Waals surface area contributed by atoms with Crippen LogP contribution in [-0.4, -0.2) is 47.5 Å². The van der Waals surface area contributed by atoms with Gasteiger partial charge >= 0.3 is 24.1 Å². The first-order valence-corrected chi connectivity index (χ1v) is 13.1. The van der Waals surface area contributed by atoms with Gasteiger partial charge in [0.25, 0.3) is 5.72 Å². The number of carbonyl (C=O) groups is 4. The van der Waals surface area contributed by atoms with Crippen molar-refractivity contribution in [2.75, 3.05) is 6.61 Å². The molecule has 0 bridgehead atoms. The van der Waals surface area contributed by atoms with E-state index in [9.17, 15) is 24.3 Å². The van der Waals surface area contributed by atoms with Crippen LogP contribution in [0.4, 0.5) is 4.79 Å². The lowest BCUT2D eigenvalue weighted by atomic mass is 9.99. The quantitative estimate of drug-likeness (QED) is 0.170. The molecule has 10 heteroatoms. The largest absolute Gasteiger partial charge is 0.510 e. The van der Waals surface area contributed by atoms with E-state index in [0.29, 0.717) is 18.4 Å². The van der Waals surface area contributed by atoms with Gasteiger partial charge in [-0.05, 0) is 49.8 Å². The third kappa shape index (κ3) is 11.9. The third-order valence-electron chi connectivity index (χ3n) is 5.13. The molecular weight excluding hydrogens is 494 g/mol. The lowest BCUT2D eigenvalue weighted by molar-refractivity contribution is -0.167. The van der Waals surface area contributed by atoms with Gasteiger partial charge in [0.1, 0.15) is 0 Å². The molecule has 1 atom stereocenters. The maximum Gasteiger partial charge on any atom is 0.510 e. The van der Waals surface area contributed by atoms with Crippen LogP contribution in [0.15, 0.2) is 18.2 Å². The molecular formula is C28H43NO9. The third-order valence-corrected chi connectivity index (χ3v) is 5.13. The van der Waals surface area contributed by atoms with E-state index in [1.807, 2.05) is 34.6 Å². The predicted octanol–water partition coefficient (Wildman–Crippen LogP) is 5.40. The molecule has 1 rings (SSSR count). The second-order valence-electron chi connectivity index (χ2n) is 10.7. The van der Waals surface area contributed by atoms with Gasteiger partial charge in [-0.2, -0.15) is 0 Å². The van der Waals surface area contributed by atoms with Gasteiger partial charge in [-0.3, -0.25) is 14.9 Å². The Kier molecular flexibility index (Phi) is 13.3. The first-order chi connectivity index (χ1) is 17.7. The van der Waals surface area contributed by atoms with E-state index in [1.54, 1.807) is 13.8 Å². The molecule has 0 aliphatic carbocycles. The molecule has 0 aliphatic rings. The van der Waals surface area contributed by atoms with Crippen LogP contribution in [0.3, 0.4) is 0 Å². The highest BCUT2D eigenvalue weighted by Gasteiger charge is 2.44. The topological polar surface area (TPSA) is 137 Å². The molecule has 2 N–H and O–H groups in total. The Bertz CT molecular complexity index is 952. The fraction of sp³-hybridized carbons (Fsp3) is 0.643. The number of benzene rings is 1. The molecule has 0 saturated carbocycles. The molecule has 10 nitrogen and oxygen atoms in total. The van der Waals surface area contributed by atoms with Crippen molar-refractivity contribution < 1.29 is 43.2 Å². The summed E-state index contributed by atoms with van der Waals surface area (Å²) in [6.45, 7) is 12.9. The zero-order valence-corrected chi connectivity index (χ0v) is 23.7. The van der Waals surface area contributed by atoms with Crippen LogP contribution in [0.5, 0.6) is 11.5 Å². The zero-order valence-electron chi connectivity index (χ0n) is 23.7. The van der Waals surface area contributed by atoms with Crippen LogP contribution in [0.2, 0.25) is 0 Å². The molecule has 1 aromatic carbocycles. The zero-order chi connectivity index (χ0) is 28.9. The number of ether oxygens (including phenoxy) is 4. The number of carbonyl (C=O) groups excluding carboxylic acids is 3. The van der Waals surface area contributed by atoms with E-state index in [1.165, 1.54) is 18.2 Å². The van der Waals surface area contributed by atoms with E-state index >= 15 is 0 Å². The summed E-state index contributed by atoms with van der Waals surface area (Å²) in [7, 11) is 0. The molecule has 0 spiro atoms. The SMILES string of the molecule is CCCCC(=O)Oc1ccc(C[C@](NC(C)C)(OC(=O)OCC(C)(C)C)C(=O)O)cc1OC(=O)CCCC. The van der Waals surface area contributed by atoms with E-state index in [4.69, 9.17) is 18.9 Å². The smallest absolute Gasteiger partial charge is 0.477 e. The summed E-state index contributed by atoms with van der Waals surface area (Å²) < 4.78 is 21.4. The van der Waals surface area contributed by atoms with Crippen LogP contribution >= 0.6 is 0 Å². The fourth-order valence-corrected chi connectivity index (χ4v) is 3.31. The van der Waals surface area contributed by atoms with Gasteiger partial charge in [0.15, 0.2) is 11.5 Å². The average Bonchev–Trinajstić information content (AvgIpc) is 2.80. The Morgan fingerprint density at radius 1 is 0.921 bits per heavy atom. The standard InChI is InChI=1S/C28H43NO9/c1-8-10-12-23(30)36-21-15-14-20(16-22(21)37-24(31)13-11-9-2)17-28(25(32)33,29-19(3)4)38-26(34)35-18-27(5,6)7/h14-16,19,29H,8-13,17-18H2,1-7H3,(H,32,33)/t28-/m0/s1. The van der Waals surface area contributed by atoms with Crippen molar-refractivity contribution in [3.05, 3.63) is 23.8 Å². The van der Waals surface area contributed by atoms with Crippen LogP contribution in [-0.2, 0) is 30.3 Å². The summed E-state index contributed by atoms with van der Waals surface area (Å²) in [5.41, 5.74) is -2.17. The molecule has 0 aromatic heterocycles. The second-order valence-corrected chi connectivity index (χ2v) is 10.7. The van der Waals surface area contributed by atoms with Gasteiger partial charge < -0.3 is 24.1 Å². The molecule has 1 aromatic rings. The maximum absolute atomic E-state index is 12.5. The molecule has 214 valence electrons. The summed E-state index contributed by atoms with van der Waals surface area (Å²) in [6, 6.07) is 3.99. The van der Waals surface area contributed by atoms with E-state index < -0.39 is 29.8 Å². The minimum Gasteiger partial charge on any atom is -0.477 e. The van der Waals surface area contributed by atoms with Crippen LogP contribution in [0.1, 0.15) is 92.6 Å². The molecule has 0 aliphatic heterocycles. The highest BCUT2D eigenvalue weighted by molar-refractivity contribution is 5.81. The number of nitrogens with one attached hydrogen (secondary N) is 1. The van der Waals surface area contributed by atoms with Gasteiger partial charge in [-0.1, -0.05) is 53.5 Å². The first-order valence-electron chi connectivity index (χ1n) is 13.1. The monoisotopic (exact) mass is 537 g/mol. The van der Waals surface area contributed by atoms with Crippen molar-refractivity contribution in [3.63, 3.8) is 0 Å². The predicted molar refractivity (Wildman–Crippen MR) is 141 cm³/mol. The number of carboxylic acid groups (broad SMARTS) is 1. The van der Waals surface area contributed by atoms with Crippen LogP contribution in [0.25, 0.3) is 0 Å². The Hall–Kier alpha value is -3.14. The molecule has 0 heterocycles. The molecule has 0 radical (unpaired) electrons. The molecule has 38 heavy (non-hydrogen) atoms. The average molecular weight is 538 g/mol. The van der Waals surface area contributed by atoms with E-state index in [2.05, 4.69) is 5.32 Å². The van der Waals surface area contributed by atoms with Gasteiger partial charge in [-0.15, -0.1) is 0 Å². The number of aliphatic carboxylic acids is 1. The summed E-state index contributed by atoms with van der Waals surface area (Å²) >= 11 is 0. The lowest BCUT2D eigenvalue weighted by Crippen LogP contribution is -2.59. The molecule has 0 fully saturated rings. The number of carboxylic acids is 1. The van der Waals surface area contributed by atoms with Crippen molar-refractivity contribution in [2.24, 2.45) is 5.41 Å². The summed E-state index contributed by atoms with van der Waals surface area (Å²) in [5.74, 6) is -2.40. The number of unbranched alkanes of at least 4 members (excludes halogenated alkanes) is 2. The Balaban J connectivity index is 3.35. The van der Waals surface area contributed by atoms with Gasteiger partial charge in [0.05, 0.1) is 6.61 Å². The normalized spacial score (nSPS) is 12.9. The van der Waals surface area contributed by atoms with Crippen molar-refractivity contribution in [1.29, 1.82) is 0 Å². The lowest BCUT2D eigenvalue weighted by Gasteiger charge is -2.32. The first kappa shape index (κ1) is 32.9. The summed E-state index contributed by atoms with van der Waals surface area (Å²) in [6.07, 6.45) is 1.77. The van der Waals surface area contributed by atoms with Crippen molar-refractivity contribution in [2.45, 2.75) is 105 Å². The van der Waals surface area contributed by atoms with E-state index in [0.717, 1.165) is 12.8 Å². The second kappa shape index (κ2) is 15.3. The number of esters is 2. The Morgan fingerprint density at radius 3 is 1.95 bits per heavy atom. The van der Waals surface area contributed by atoms with Gasteiger partial charge in [-0.25, -0.2) is 9.59 Å². The summed E-state index contributed by atoms with van der Waals surface area (Å²) in [5, 5.41) is 12.9. The van der Waals surface area contributed by atoms with E-state index in [-0.39, 0.29) is 48.8 Å². The molecule has 0 saturated heterocycles. The van der Waals surface area contributed by atoms with Gasteiger partial charge in [0.2, 0.25) is 0 Å². The van der Waals surface area contributed by atoms with Crippen molar-refractivity contribution in [3.8, 4) is 11.5 Å². The van der Waals surface area contributed by atoms with Crippen molar-refractivity contribution in [1.82, 2.24) is 5.32 Å². The van der Waals surface area contributed by atoms with Gasteiger partial charge in [0, 0.05) is 25.3 Å². The number of rotatable bonds is 15. The minimum atomic E-state index is -2.17. The highest BCUT2D eigenvalue weighted by Crippen LogP contribution is 2.32.